The van der Waals surface area contributed by atoms with Crippen molar-refractivity contribution in [1.29, 1.82) is 0 Å². The number of rotatable bonds is 15. The molecular formula is C47H51F2N11O6. The van der Waals surface area contributed by atoms with E-state index in [0.717, 1.165) is 80.9 Å². The van der Waals surface area contributed by atoms with Gasteiger partial charge in [0.2, 0.25) is 11.8 Å². The summed E-state index contributed by atoms with van der Waals surface area (Å²) < 4.78 is 37.4. The van der Waals surface area contributed by atoms with Crippen LogP contribution in [0.2, 0.25) is 0 Å². The van der Waals surface area contributed by atoms with Crippen LogP contribution in [0.5, 0.6) is 0 Å². The zero-order valence-corrected chi connectivity index (χ0v) is 36.5. The molecule has 5 aromatic rings. The van der Waals surface area contributed by atoms with Gasteiger partial charge in [0.05, 0.1) is 47.8 Å². The van der Waals surface area contributed by atoms with Crippen molar-refractivity contribution in [3.8, 4) is 0 Å². The fourth-order valence-corrected chi connectivity index (χ4v) is 10.3. The number of piperidine rings is 1. The molecule has 4 aliphatic heterocycles. The Hall–Kier alpha value is -6.60. The Kier molecular flexibility index (Phi) is 11.8. The zero-order chi connectivity index (χ0) is 45.6. The first-order valence-corrected chi connectivity index (χ1v) is 22.7. The van der Waals surface area contributed by atoms with E-state index in [-0.39, 0.29) is 53.4 Å². The molecule has 1 aliphatic carbocycles. The molecule has 2 bridgehead atoms. The van der Waals surface area contributed by atoms with E-state index in [1.54, 1.807) is 29.1 Å². The van der Waals surface area contributed by atoms with Gasteiger partial charge in [0.1, 0.15) is 17.4 Å². The van der Waals surface area contributed by atoms with Crippen LogP contribution in [0.25, 0.3) is 5.65 Å². The molecule has 2 aromatic carbocycles. The van der Waals surface area contributed by atoms with Gasteiger partial charge in [-0.25, -0.2) is 18.3 Å². The van der Waals surface area contributed by atoms with Gasteiger partial charge in [-0.3, -0.25) is 38.9 Å². The number of anilines is 3. The molecule has 3 atom stereocenters. The Morgan fingerprint density at radius 2 is 1.77 bits per heavy atom. The number of nitrogens with zero attached hydrogens (tertiary/aromatic N) is 8. The standard InChI is InChI=1S/C47H51F2N11O6/c1-56(18-3-4-27-7-9-28(10-8-27)21-50-35-6-2-5-33-40(35)47(65)60(46(33)64)37-15-16-39(61)54-45(37)63)23-29-11-13-30(14-12-29)59-25-36(41(55-59)42(48)49)52-44(62)34-22-51-58-19-17-38(53-43(34)58)57-24-32-20-31(57)26-66-32/h2,5-10,17,19,22,25,29-32,37,42,50H,3-4,11-16,18,20-21,23-24,26H2,1H3,(H,52,62)(H,54,61,63)/t29-,30-,31-,32-,37?/m1/s1. The molecule has 3 aromatic heterocycles. The third kappa shape index (κ3) is 8.52. The van der Waals surface area contributed by atoms with E-state index in [2.05, 4.69) is 55.1 Å². The predicted octanol–water partition coefficient (Wildman–Crippen LogP) is 5.40. The minimum absolute atomic E-state index is 0.0132. The quantitative estimate of drug-likeness (QED) is 0.114. The van der Waals surface area contributed by atoms with Crippen molar-refractivity contribution in [2.45, 2.75) is 95.0 Å². The molecule has 5 aliphatic rings. The summed E-state index contributed by atoms with van der Waals surface area (Å²) in [7, 11) is 2.13. The molecule has 3 saturated heterocycles. The van der Waals surface area contributed by atoms with Gasteiger partial charge in [-0.1, -0.05) is 30.3 Å². The van der Waals surface area contributed by atoms with Crippen LogP contribution in [-0.2, 0) is 27.3 Å². The molecule has 66 heavy (non-hydrogen) atoms. The van der Waals surface area contributed by atoms with Gasteiger partial charge in [0.15, 0.2) is 11.3 Å². The Morgan fingerprint density at radius 1 is 0.970 bits per heavy atom. The van der Waals surface area contributed by atoms with Gasteiger partial charge in [-0.2, -0.15) is 10.2 Å². The largest absolute Gasteiger partial charge is 0.380 e. The summed E-state index contributed by atoms with van der Waals surface area (Å²) in [6.45, 7) is 3.65. The van der Waals surface area contributed by atoms with E-state index in [9.17, 15) is 32.8 Å². The number of hydrogen-bond donors (Lipinski definition) is 3. The summed E-state index contributed by atoms with van der Waals surface area (Å²) in [5, 5.41) is 16.8. The zero-order valence-electron chi connectivity index (χ0n) is 36.5. The smallest absolute Gasteiger partial charge is 0.284 e. The lowest BCUT2D eigenvalue weighted by molar-refractivity contribution is -0.136. The van der Waals surface area contributed by atoms with Gasteiger partial charge >= 0.3 is 0 Å². The van der Waals surface area contributed by atoms with Crippen molar-refractivity contribution in [3.63, 3.8) is 0 Å². The Labute approximate surface area is 378 Å². The number of imide groups is 2. The number of hydrogen-bond acceptors (Lipinski definition) is 12. The highest BCUT2D eigenvalue weighted by Crippen LogP contribution is 2.37. The van der Waals surface area contributed by atoms with Gasteiger partial charge in [0, 0.05) is 44.1 Å². The highest BCUT2D eigenvalue weighted by atomic mass is 19.3. The maximum absolute atomic E-state index is 14.3. The van der Waals surface area contributed by atoms with E-state index >= 15 is 0 Å². The molecule has 19 heteroatoms. The number of carbonyl (C=O) groups excluding carboxylic acids is 5. The normalized spacial score (nSPS) is 22.8. The first kappa shape index (κ1) is 43.3. The predicted molar refractivity (Wildman–Crippen MR) is 237 cm³/mol. The van der Waals surface area contributed by atoms with E-state index in [1.165, 1.54) is 22.5 Å². The Balaban J connectivity index is 0.675. The molecule has 5 amide bonds. The Morgan fingerprint density at radius 3 is 2.52 bits per heavy atom. The molecule has 10 rings (SSSR count). The van der Waals surface area contributed by atoms with Crippen molar-refractivity contribution in [2.24, 2.45) is 5.92 Å². The highest BCUT2D eigenvalue weighted by Gasteiger charge is 2.46. The lowest BCUT2D eigenvalue weighted by Gasteiger charge is -2.31. The van der Waals surface area contributed by atoms with Crippen LogP contribution in [0.15, 0.2) is 67.1 Å². The molecule has 3 N–H and O–H groups in total. The topological polar surface area (TPSA) is 188 Å². The van der Waals surface area contributed by atoms with Crippen molar-refractivity contribution >= 4 is 52.4 Å². The van der Waals surface area contributed by atoms with Gasteiger partial charge in [-0.05, 0) is 100 Å². The van der Waals surface area contributed by atoms with E-state index in [0.29, 0.717) is 30.4 Å². The van der Waals surface area contributed by atoms with Crippen LogP contribution in [0, 0.1) is 5.92 Å². The number of fused-ring (bicyclic) bond motifs is 4. The van der Waals surface area contributed by atoms with Crippen molar-refractivity contribution in [1.82, 2.24) is 39.5 Å². The Bertz CT molecular complexity index is 2700. The van der Waals surface area contributed by atoms with Crippen LogP contribution >= 0.6 is 0 Å². The lowest BCUT2D eigenvalue weighted by atomic mass is 9.86. The van der Waals surface area contributed by atoms with Crippen LogP contribution in [-0.4, -0.2) is 115 Å². The maximum atomic E-state index is 14.3. The number of aryl methyl sites for hydroxylation is 1. The molecule has 0 spiro atoms. The fraction of sp³-hybridized carbons (Fsp3) is 0.447. The summed E-state index contributed by atoms with van der Waals surface area (Å²) in [6, 6.07) is 14.3. The summed E-state index contributed by atoms with van der Waals surface area (Å²) in [5.41, 5.74) is 3.24. The average Bonchev–Trinajstić information content (AvgIpc) is 4.16. The van der Waals surface area contributed by atoms with Gasteiger partial charge < -0.3 is 25.2 Å². The van der Waals surface area contributed by atoms with Gasteiger partial charge in [0.25, 0.3) is 24.1 Å². The molecule has 1 saturated carbocycles. The van der Waals surface area contributed by atoms with Crippen molar-refractivity contribution < 1.29 is 37.5 Å². The number of benzene rings is 2. The van der Waals surface area contributed by atoms with Gasteiger partial charge in [-0.15, -0.1) is 0 Å². The molecule has 17 nitrogen and oxygen atoms in total. The van der Waals surface area contributed by atoms with Crippen molar-refractivity contribution in [2.75, 3.05) is 48.8 Å². The first-order chi connectivity index (χ1) is 32.0. The average molecular weight is 904 g/mol. The number of ether oxygens (including phenoxy) is 1. The summed E-state index contributed by atoms with van der Waals surface area (Å²) in [5.74, 6) is -1.52. The second-order valence-corrected chi connectivity index (χ2v) is 18.2. The van der Waals surface area contributed by atoms with E-state index in [4.69, 9.17) is 9.72 Å². The van der Waals surface area contributed by atoms with Crippen molar-refractivity contribution in [3.05, 3.63) is 101 Å². The minimum atomic E-state index is -2.87. The molecule has 344 valence electrons. The van der Waals surface area contributed by atoms with Crippen LogP contribution in [0.1, 0.15) is 112 Å². The molecule has 4 fully saturated rings. The third-order valence-corrected chi connectivity index (χ3v) is 13.7. The third-order valence-electron chi connectivity index (χ3n) is 13.7. The van der Waals surface area contributed by atoms with E-state index < -0.39 is 47.7 Å². The number of halogens is 2. The first-order valence-electron chi connectivity index (χ1n) is 22.7. The number of alkyl halides is 2. The lowest BCUT2D eigenvalue weighted by Crippen LogP contribution is -2.54. The number of aromatic nitrogens is 5. The molecular weight excluding hydrogens is 853 g/mol. The fourth-order valence-electron chi connectivity index (χ4n) is 10.3. The summed E-state index contributed by atoms with van der Waals surface area (Å²) in [6.07, 6.45) is 8.43. The number of amides is 5. The number of morpholine rings is 1. The SMILES string of the molecule is CN(CCCc1ccc(CNc2cccc3c2C(=O)N(C2CCC(=O)NC2=O)C3=O)cc1)C[C@H]1CC[C@H](n2cc(NC(=O)c3cnn4ccc(N5C[C@H]6C[C@@H]5CO6)nc34)c(C(F)F)n2)CC1. The monoisotopic (exact) mass is 903 g/mol. The molecule has 1 unspecified atom stereocenters. The second-order valence-electron chi connectivity index (χ2n) is 18.2. The number of nitrogens with one attached hydrogen (secondary N) is 3. The second kappa shape index (κ2) is 18.0. The molecule has 7 heterocycles. The molecule has 0 radical (unpaired) electrons. The summed E-state index contributed by atoms with van der Waals surface area (Å²) in [4.78, 5) is 74.6. The van der Waals surface area contributed by atoms with Crippen LogP contribution in [0.4, 0.5) is 26.0 Å². The van der Waals surface area contributed by atoms with Crippen LogP contribution in [0.3, 0.4) is 0 Å². The number of carbonyl (C=O) groups is 5. The summed E-state index contributed by atoms with van der Waals surface area (Å²) >= 11 is 0. The maximum Gasteiger partial charge on any atom is 0.284 e. The highest BCUT2D eigenvalue weighted by molar-refractivity contribution is 6.25. The van der Waals surface area contributed by atoms with E-state index in [1.807, 2.05) is 18.2 Å². The van der Waals surface area contributed by atoms with Crippen LogP contribution < -0.4 is 20.9 Å². The minimum Gasteiger partial charge on any atom is -0.380 e.